The highest BCUT2D eigenvalue weighted by atomic mass is 31.2. The molecule has 3 N–H and O–H groups in total. The molecule has 0 spiro atoms. The summed E-state index contributed by atoms with van der Waals surface area (Å²) in [6.45, 7) is 9.68. The highest BCUT2D eigenvalue weighted by Crippen LogP contribution is 2.45. The van der Waals surface area contributed by atoms with Crippen LogP contribution in [-0.4, -0.2) is 96.7 Å². The second kappa shape index (κ2) is 70.7. The van der Waals surface area contributed by atoms with Crippen LogP contribution in [0, 0.1) is 11.8 Å². The smallest absolute Gasteiger partial charge is 0.462 e. The summed E-state index contributed by atoms with van der Waals surface area (Å²) in [5.74, 6) is -0.480. The number of carbonyl (C=O) groups excluding carboxylic acids is 4. The molecule has 0 rings (SSSR count). The third kappa shape index (κ3) is 71.1. The lowest BCUT2D eigenvalue weighted by Gasteiger charge is -2.21. The molecule has 17 nitrogen and oxygen atoms in total. The monoisotopic (exact) mass is 1440 g/mol. The molecule has 0 heterocycles. The van der Waals surface area contributed by atoms with E-state index in [1.54, 1.807) is 0 Å². The van der Waals surface area contributed by atoms with Gasteiger partial charge in [0, 0.05) is 25.7 Å². The van der Waals surface area contributed by atoms with E-state index in [1.165, 1.54) is 231 Å². The number of rotatable bonds is 78. The molecule has 98 heavy (non-hydrogen) atoms. The van der Waals surface area contributed by atoms with Crippen molar-refractivity contribution in [1.29, 1.82) is 0 Å². The van der Waals surface area contributed by atoms with Crippen molar-refractivity contribution in [1.82, 2.24) is 0 Å². The van der Waals surface area contributed by atoms with Crippen LogP contribution in [0.1, 0.15) is 414 Å². The molecule has 6 atom stereocenters. The van der Waals surface area contributed by atoms with Gasteiger partial charge in [-0.2, -0.15) is 0 Å². The minimum atomic E-state index is -4.96. The molecule has 0 fully saturated rings. The first-order valence-corrected chi connectivity index (χ1v) is 44.0. The molecular formula is C79H154O17P2. The first-order chi connectivity index (χ1) is 47.4. The third-order valence-electron chi connectivity index (χ3n) is 18.8. The van der Waals surface area contributed by atoms with E-state index in [4.69, 9.17) is 37.0 Å². The number of ether oxygens (including phenoxy) is 4. The molecular weight excluding hydrogens is 1280 g/mol. The van der Waals surface area contributed by atoms with Gasteiger partial charge >= 0.3 is 39.5 Å². The maximum Gasteiger partial charge on any atom is 0.472 e. The standard InChI is InChI=1S/C79H154O17P2/c1-7-10-12-14-16-18-20-31-39-45-51-57-63-78(83)95-74(67-89-76(81)61-55-49-43-37-29-19-17-15-13-11-8-2)69-93-97(85,86)91-65-73(80)66-92-98(87,88)94-70-75(68-90-77(82)62-56-50-44-38-34-33-36-42-48-54-60-72(6)9-3)96-79(84)64-58-52-46-40-32-28-26-24-22-21-23-25-27-30-35-41-47-53-59-71(4)5/h71-75,80H,7-70H2,1-6H3,(H,85,86)(H,87,88)/t72?,73-,74+,75+/m0/s1. The fourth-order valence-electron chi connectivity index (χ4n) is 12.2. The predicted molar refractivity (Wildman–Crippen MR) is 400 cm³/mol. The maximum absolute atomic E-state index is 13.1. The molecule has 0 aliphatic heterocycles. The number of aliphatic hydroxyl groups is 1. The average Bonchev–Trinajstić information content (AvgIpc) is 0.992. The van der Waals surface area contributed by atoms with E-state index >= 15 is 0 Å². The van der Waals surface area contributed by atoms with E-state index in [0.29, 0.717) is 25.7 Å². The summed E-state index contributed by atoms with van der Waals surface area (Å²) in [4.78, 5) is 72.9. The number of phosphoric acid groups is 2. The molecule has 0 aliphatic rings. The Hall–Kier alpha value is -1.94. The minimum Gasteiger partial charge on any atom is -0.462 e. The van der Waals surface area contributed by atoms with Crippen LogP contribution in [0.15, 0.2) is 0 Å². The number of carbonyl (C=O) groups is 4. The zero-order valence-electron chi connectivity index (χ0n) is 64.1. The van der Waals surface area contributed by atoms with Crippen molar-refractivity contribution < 1.29 is 80.2 Å². The van der Waals surface area contributed by atoms with Crippen LogP contribution in [0.2, 0.25) is 0 Å². The quantitative estimate of drug-likeness (QED) is 0.0222. The zero-order chi connectivity index (χ0) is 72.1. The summed E-state index contributed by atoms with van der Waals surface area (Å²) < 4.78 is 68.6. The van der Waals surface area contributed by atoms with Gasteiger partial charge in [-0.25, -0.2) is 9.13 Å². The van der Waals surface area contributed by atoms with Crippen molar-refractivity contribution in [3.05, 3.63) is 0 Å². The van der Waals surface area contributed by atoms with Crippen LogP contribution in [0.4, 0.5) is 0 Å². The average molecular weight is 1440 g/mol. The SMILES string of the molecule is CCCCCCCCCCCCCCC(=O)O[C@H](COC(=O)CCCCCCCCCCCCC)COP(=O)(O)OC[C@H](O)COP(=O)(O)OC[C@@H](COC(=O)CCCCCCCCCCCCC(C)CC)OC(=O)CCCCCCCCCCCCCCCCCCCCC(C)C. The summed E-state index contributed by atoms with van der Waals surface area (Å²) >= 11 is 0. The molecule has 19 heteroatoms. The van der Waals surface area contributed by atoms with Gasteiger partial charge in [0.15, 0.2) is 12.2 Å². The fraction of sp³-hybridized carbons (Fsp3) is 0.949. The van der Waals surface area contributed by atoms with Crippen molar-refractivity contribution in [2.45, 2.75) is 432 Å². The van der Waals surface area contributed by atoms with Gasteiger partial charge in [-0.05, 0) is 37.5 Å². The van der Waals surface area contributed by atoms with Gasteiger partial charge < -0.3 is 33.8 Å². The van der Waals surface area contributed by atoms with Crippen LogP contribution in [-0.2, 0) is 65.4 Å². The highest BCUT2D eigenvalue weighted by Gasteiger charge is 2.30. The van der Waals surface area contributed by atoms with Crippen molar-refractivity contribution in [3.63, 3.8) is 0 Å². The van der Waals surface area contributed by atoms with Crippen LogP contribution in [0.25, 0.3) is 0 Å². The molecule has 0 aromatic heterocycles. The van der Waals surface area contributed by atoms with E-state index in [2.05, 4.69) is 41.5 Å². The Morgan fingerprint density at radius 3 is 0.776 bits per heavy atom. The molecule has 0 aromatic rings. The second-order valence-corrected chi connectivity index (χ2v) is 32.1. The first kappa shape index (κ1) is 96.1. The molecule has 0 radical (unpaired) electrons. The number of phosphoric ester groups is 2. The van der Waals surface area contributed by atoms with Crippen LogP contribution < -0.4 is 0 Å². The third-order valence-corrected chi connectivity index (χ3v) is 20.7. The van der Waals surface area contributed by atoms with Crippen molar-refractivity contribution in [2.24, 2.45) is 11.8 Å². The minimum absolute atomic E-state index is 0.108. The van der Waals surface area contributed by atoms with Crippen LogP contribution >= 0.6 is 15.6 Å². The van der Waals surface area contributed by atoms with E-state index in [1.807, 2.05) is 0 Å². The number of esters is 4. The highest BCUT2D eigenvalue weighted by molar-refractivity contribution is 7.47. The summed E-state index contributed by atoms with van der Waals surface area (Å²) in [5.41, 5.74) is 0. The van der Waals surface area contributed by atoms with Crippen molar-refractivity contribution in [2.75, 3.05) is 39.6 Å². The summed E-state index contributed by atoms with van der Waals surface area (Å²) in [6.07, 6.45) is 59.5. The lowest BCUT2D eigenvalue weighted by Crippen LogP contribution is -2.30. The van der Waals surface area contributed by atoms with E-state index < -0.39 is 97.5 Å². The Bertz CT molecular complexity index is 1890. The number of unbranched alkanes of at least 4 members (excludes halogenated alkanes) is 47. The largest absolute Gasteiger partial charge is 0.472 e. The van der Waals surface area contributed by atoms with Gasteiger partial charge in [0.05, 0.1) is 26.4 Å². The fourth-order valence-corrected chi connectivity index (χ4v) is 13.7. The van der Waals surface area contributed by atoms with Gasteiger partial charge in [0.2, 0.25) is 0 Å². The van der Waals surface area contributed by atoms with Crippen molar-refractivity contribution in [3.8, 4) is 0 Å². The Kier molecular flexibility index (Phi) is 69.3. The van der Waals surface area contributed by atoms with E-state index in [9.17, 15) is 43.2 Å². The molecule has 0 aliphatic carbocycles. The predicted octanol–water partition coefficient (Wildman–Crippen LogP) is 23.5. The summed E-state index contributed by atoms with van der Waals surface area (Å²) in [6, 6.07) is 0. The second-order valence-electron chi connectivity index (χ2n) is 29.2. The Morgan fingerprint density at radius 1 is 0.296 bits per heavy atom. The van der Waals surface area contributed by atoms with Crippen LogP contribution in [0.5, 0.6) is 0 Å². The summed E-state index contributed by atoms with van der Waals surface area (Å²) in [7, 11) is -9.91. The molecule has 0 bridgehead atoms. The lowest BCUT2D eigenvalue weighted by atomic mass is 9.99. The normalized spacial score (nSPS) is 14.2. The summed E-state index contributed by atoms with van der Waals surface area (Å²) in [5, 5.41) is 10.6. The first-order valence-electron chi connectivity index (χ1n) is 41.0. The van der Waals surface area contributed by atoms with E-state index in [0.717, 1.165) is 102 Å². The molecule has 3 unspecified atom stereocenters. The maximum atomic E-state index is 13.1. The molecule has 0 saturated carbocycles. The lowest BCUT2D eigenvalue weighted by molar-refractivity contribution is -0.161. The van der Waals surface area contributed by atoms with E-state index in [-0.39, 0.29) is 25.7 Å². The number of aliphatic hydroxyl groups excluding tert-OH is 1. The molecule has 0 amide bonds. The van der Waals surface area contributed by atoms with Gasteiger partial charge in [0.1, 0.15) is 19.3 Å². The van der Waals surface area contributed by atoms with Gasteiger partial charge in [0.25, 0.3) is 0 Å². The Balaban J connectivity index is 5.22. The van der Waals surface area contributed by atoms with Gasteiger partial charge in [-0.15, -0.1) is 0 Å². The van der Waals surface area contributed by atoms with Crippen molar-refractivity contribution >= 4 is 39.5 Å². The zero-order valence-corrected chi connectivity index (χ0v) is 65.9. The molecule has 582 valence electrons. The van der Waals surface area contributed by atoms with Crippen LogP contribution in [0.3, 0.4) is 0 Å². The number of hydrogen-bond donors (Lipinski definition) is 3. The Labute approximate surface area is 600 Å². The van der Waals surface area contributed by atoms with Gasteiger partial charge in [-0.3, -0.25) is 37.3 Å². The number of hydrogen-bond acceptors (Lipinski definition) is 15. The molecule has 0 saturated heterocycles. The molecule has 0 aromatic carbocycles. The van der Waals surface area contributed by atoms with Gasteiger partial charge in [-0.1, -0.05) is 363 Å². The Morgan fingerprint density at radius 2 is 0.520 bits per heavy atom. The topological polar surface area (TPSA) is 237 Å².